The number of allylic oxidation sites excluding steroid dienone is 5. The molecule has 1 fully saturated rings. The molecule has 44 heavy (non-hydrogen) atoms. The van der Waals surface area contributed by atoms with Gasteiger partial charge in [-0.3, -0.25) is 0 Å². The van der Waals surface area contributed by atoms with E-state index in [1.54, 1.807) is 6.20 Å². The number of hydrogen-bond acceptors (Lipinski definition) is 7. The first-order valence-electron chi connectivity index (χ1n) is 15.2. The van der Waals surface area contributed by atoms with E-state index in [-0.39, 0.29) is 0 Å². The summed E-state index contributed by atoms with van der Waals surface area (Å²) in [5, 5.41) is 25.0. The Hall–Kier alpha value is -4.93. The Balaban J connectivity index is 1.62. The van der Waals surface area contributed by atoms with Crippen LogP contribution in [0.15, 0.2) is 91.5 Å². The molecule has 3 aromatic rings. The maximum atomic E-state index is 10.2. The van der Waals surface area contributed by atoms with Crippen LogP contribution in [-0.4, -0.2) is 41.8 Å². The molecule has 0 atom stereocenters. The van der Waals surface area contributed by atoms with E-state index >= 15 is 0 Å². The van der Waals surface area contributed by atoms with Crippen LogP contribution in [0.2, 0.25) is 0 Å². The zero-order valence-electron chi connectivity index (χ0n) is 26.0. The van der Waals surface area contributed by atoms with Crippen LogP contribution in [0.3, 0.4) is 0 Å². The van der Waals surface area contributed by atoms with Crippen LogP contribution in [0.5, 0.6) is 0 Å². The molecular formula is C37H43N7. The standard InChI is InChI=1S/C37H43N7/c1-5-19-44(36(22-39)27(4)29-9-7-26(3)8-10-29)25-28(6-2)30-11-13-31(14-12-30)35-20-32(23-43-37(35)40)33(21-38)24-42-34-15-17-41-18-16-34/h6-14,20-21,23-25,34,38,41-42H,2,5,15-19H2,1,3-4H3,(H2,40,43)/b28-25+,33-24+,36-27+,38-21?. The number of rotatable bonds is 12. The van der Waals surface area contributed by atoms with Gasteiger partial charge in [0.15, 0.2) is 0 Å². The maximum absolute atomic E-state index is 10.2. The minimum atomic E-state index is 0.395. The summed E-state index contributed by atoms with van der Waals surface area (Å²) >= 11 is 0. The molecule has 0 amide bonds. The normalized spacial score (nSPS) is 14.8. The average molecular weight is 586 g/mol. The Morgan fingerprint density at radius 3 is 2.41 bits per heavy atom. The minimum Gasteiger partial charge on any atom is -0.388 e. The van der Waals surface area contributed by atoms with Crippen LogP contribution in [0.1, 0.15) is 55.4 Å². The van der Waals surface area contributed by atoms with Crippen LogP contribution in [0, 0.1) is 23.7 Å². The second kappa shape index (κ2) is 15.5. The van der Waals surface area contributed by atoms with Crippen molar-refractivity contribution in [2.45, 2.75) is 46.1 Å². The van der Waals surface area contributed by atoms with Crippen molar-refractivity contribution in [2.75, 3.05) is 25.4 Å². The van der Waals surface area contributed by atoms with Crippen molar-refractivity contribution in [3.63, 3.8) is 0 Å². The molecule has 2 aromatic carbocycles. The fraction of sp³-hybridized carbons (Fsp3) is 0.270. The van der Waals surface area contributed by atoms with E-state index < -0.39 is 0 Å². The lowest BCUT2D eigenvalue weighted by Crippen LogP contribution is -2.37. The number of piperidine rings is 1. The van der Waals surface area contributed by atoms with Crippen molar-refractivity contribution in [3.05, 3.63) is 114 Å². The molecule has 0 bridgehead atoms. The summed E-state index contributed by atoms with van der Waals surface area (Å²) in [5.41, 5.74) is 15.3. The number of pyridine rings is 1. The lowest BCUT2D eigenvalue weighted by molar-refractivity contribution is 0.420. The van der Waals surface area contributed by atoms with Gasteiger partial charge in [0.05, 0.1) is 0 Å². The number of nitriles is 1. The molecule has 1 aliphatic heterocycles. The molecule has 0 saturated carbocycles. The first-order chi connectivity index (χ1) is 21.4. The molecule has 4 rings (SSSR count). The number of benzene rings is 2. The summed E-state index contributed by atoms with van der Waals surface area (Å²) < 4.78 is 0. The summed E-state index contributed by atoms with van der Waals surface area (Å²) in [4.78, 5) is 6.48. The molecule has 1 aliphatic rings. The van der Waals surface area contributed by atoms with Gasteiger partial charge in [0.25, 0.3) is 0 Å². The van der Waals surface area contributed by atoms with E-state index in [4.69, 9.17) is 11.1 Å². The molecule has 7 heteroatoms. The summed E-state index contributed by atoms with van der Waals surface area (Å²) in [6, 6.07) is 21.2. The van der Waals surface area contributed by atoms with Gasteiger partial charge in [0.1, 0.15) is 17.6 Å². The first kappa shape index (κ1) is 32.0. The minimum absolute atomic E-state index is 0.395. The summed E-state index contributed by atoms with van der Waals surface area (Å²) in [6.45, 7) is 12.9. The van der Waals surface area contributed by atoms with E-state index in [9.17, 15) is 5.26 Å². The zero-order chi connectivity index (χ0) is 31.5. The van der Waals surface area contributed by atoms with Crippen molar-refractivity contribution in [1.29, 1.82) is 10.7 Å². The average Bonchev–Trinajstić information content (AvgIpc) is 3.05. The number of nitrogens with one attached hydrogen (secondary N) is 3. The summed E-state index contributed by atoms with van der Waals surface area (Å²) in [6.07, 6.45) is 11.8. The SMILES string of the molecule is C=C/C(=C\N(CCC)/C(C#N)=C(\C)c1ccc(C)cc1)c1ccc(-c2cc(/C(C=N)=C/NC3CCNCC3)cnc2N)cc1. The molecule has 226 valence electrons. The number of hydrogen-bond donors (Lipinski definition) is 4. The van der Waals surface area contributed by atoms with Gasteiger partial charge in [-0.25, -0.2) is 4.98 Å². The van der Waals surface area contributed by atoms with Gasteiger partial charge in [-0.15, -0.1) is 0 Å². The van der Waals surface area contributed by atoms with E-state index in [1.165, 1.54) is 11.8 Å². The fourth-order valence-electron chi connectivity index (χ4n) is 5.31. The molecule has 7 nitrogen and oxygen atoms in total. The first-order valence-corrected chi connectivity index (χ1v) is 15.2. The highest BCUT2D eigenvalue weighted by molar-refractivity contribution is 6.08. The Morgan fingerprint density at radius 2 is 1.80 bits per heavy atom. The molecular weight excluding hydrogens is 542 g/mol. The third-order valence-electron chi connectivity index (χ3n) is 7.96. The van der Waals surface area contributed by atoms with Crippen molar-refractivity contribution in [3.8, 4) is 17.2 Å². The highest BCUT2D eigenvalue weighted by atomic mass is 15.1. The van der Waals surface area contributed by atoms with E-state index in [1.807, 2.05) is 60.6 Å². The largest absolute Gasteiger partial charge is 0.388 e. The predicted octanol–water partition coefficient (Wildman–Crippen LogP) is 7.16. The number of nitrogen functional groups attached to an aromatic ring is 1. The Kier molecular flexibility index (Phi) is 11.3. The van der Waals surface area contributed by atoms with Gasteiger partial charge in [-0.1, -0.05) is 73.7 Å². The number of anilines is 1. The fourth-order valence-corrected chi connectivity index (χ4v) is 5.31. The molecule has 0 unspecified atom stereocenters. The molecule has 5 N–H and O–H groups in total. The topological polar surface area (TPSA) is 114 Å². The second-order valence-electron chi connectivity index (χ2n) is 11.1. The number of aromatic nitrogens is 1. The lowest BCUT2D eigenvalue weighted by atomic mass is 9.98. The summed E-state index contributed by atoms with van der Waals surface area (Å²) in [7, 11) is 0. The monoisotopic (exact) mass is 585 g/mol. The maximum Gasteiger partial charge on any atom is 0.131 e. The van der Waals surface area contributed by atoms with Crippen LogP contribution < -0.4 is 16.4 Å². The molecule has 0 radical (unpaired) electrons. The van der Waals surface area contributed by atoms with Crippen LogP contribution in [0.25, 0.3) is 27.8 Å². The number of aryl methyl sites for hydroxylation is 1. The van der Waals surface area contributed by atoms with Crippen LogP contribution >= 0.6 is 0 Å². The van der Waals surface area contributed by atoms with Crippen LogP contribution in [-0.2, 0) is 0 Å². The van der Waals surface area contributed by atoms with E-state index in [0.29, 0.717) is 24.1 Å². The van der Waals surface area contributed by atoms with Crippen LogP contribution in [0.4, 0.5) is 5.82 Å². The van der Waals surface area contributed by atoms with Gasteiger partial charge < -0.3 is 26.7 Å². The highest BCUT2D eigenvalue weighted by Gasteiger charge is 2.15. The van der Waals surface area contributed by atoms with Gasteiger partial charge in [-0.05, 0) is 80.1 Å². The quantitative estimate of drug-likeness (QED) is 0.102. The molecule has 0 spiro atoms. The van der Waals surface area contributed by atoms with Crippen molar-refractivity contribution in [1.82, 2.24) is 20.5 Å². The van der Waals surface area contributed by atoms with Gasteiger partial charge in [-0.2, -0.15) is 5.26 Å². The van der Waals surface area contributed by atoms with Gasteiger partial charge in [0.2, 0.25) is 0 Å². The molecule has 1 aromatic heterocycles. The third-order valence-corrected chi connectivity index (χ3v) is 7.96. The van der Waals surface area contributed by atoms with Crippen molar-refractivity contribution < 1.29 is 0 Å². The Bertz CT molecular complexity index is 1580. The predicted molar refractivity (Wildman–Crippen MR) is 184 cm³/mol. The van der Waals surface area contributed by atoms with E-state index in [2.05, 4.69) is 66.4 Å². The zero-order valence-corrected chi connectivity index (χ0v) is 26.0. The number of nitrogens with zero attached hydrogens (tertiary/aromatic N) is 3. The van der Waals surface area contributed by atoms with Gasteiger partial charge in [0, 0.05) is 54.1 Å². The molecule has 0 aliphatic carbocycles. The van der Waals surface area contributed by atoms with Crippen molar-refractivity contribution in [2.24, 2.45) is 0 Å². The molecule has 2 heterocycles. The van der Waals surface area contributed by atoms with Gasteiger partial charge >= 0.3 is 0 Å². The highest BCUT2D eigenvalue weighted by Crippen LogP contribution is 2.30. The lowest BCUT2D eigenvalue weighted by Gasteiger charge is -2.23. The Labute approximate surface area is 262 Å². The number of nitrogens with two attached hydrogens (primary N) is 1. The Morgan fingerprint density at radius 1 is 1.11 bits per heavy atom. The molecule has 1 saturated heterocycles. The van der Waals surface area contributed by atoms with E-state index in [0.717, 1.165) is 76.9 Å². The van der Waals surface area contributed by atoms with Crippen molar-refractivity contribution >= 4 is 28.8 Å². The third kappa shape index (κ3) is 7.91. The second-order valence-corrected chi connectivity index (χ2v) is 11.1. The summed E-state index contributed by atoms with van der Waals surface area (Å²) in [5.74, 6) is 0.432. The smallest absolute Gasteiger partial charge is 0.131 e.